The van der Waals surface area contributed by atoms with Gasteiger partial charge in [-0.2, -0.15) is 0 Å². The van der Waals surface area contributed by atoms with Crippen LogP contribution in [0.3, 0.4) is 0 Å². The van der Waals surface area contributed by atoms with Crippen molar-refractivity contribution < 1.29 is 23.1 Å². The lowest BCUT2D eigenvalue weighted by molar-refractivity contribution is -0.142. The van der Waals surface area contributed by atoms with Crippen LogP contribution in [0.15, 0.2) is 0 Å². The number of hydrogen-bond donors (Lipinski definition) is 3. The van der Waals surface area contributed by atoms with E-state index in [2.05, 4.69) is 10.6 Å². The standard InChI is InChI=1S/C13H22N2O5S/c1-13(6-7-21(19,20)8-13)15-12(18)14-10-4-2-9(3-5-10)11(16)17/h9-10H,2-8H2,1H3,(H,16,17)(H2,14,15,18). The van der Waals surface area contributed by atoms with Crippen molar-refractivity contribution in [3.05, 3.63) is 0 Å². The molecule has 2 fully saturated rings. The van der Waals surface area contributed by atoms with Crippen LogP contribution in [0, 0.1) is 5.92 Å². The summed E-state index contributed by atoms with van der Waals surface area (Å²) in [4.78, 5) is 22.8. The molecule has 21 heavy (non-hydrogen) atoms. The zero-order chi connectivity index (χ0) is 15.7. The lowest BCUT2D eigenvalue weighted by Gasteiger charge is -2.29. The predicted molar refractivity (Wildman–Crippen MR) is 76.7 cm³/mol. The first kappa shape index (κ1) is 16.1. The average Bonchev–Trinajstić information content (AvgIpc) is 2.63. The van der Waals surface area contributed by atoms with Gasteiger partial charge in [-0.1, -0.05) is 0 Å². The number of urea groups is 1. The number of carboxylic acid groups (broad SMARTS) is 1. The van der Waals surface area contributed by atoms with Crippen LogP contribution in [0.1, 0.15) is 39.0 Å². The highest BCUT2D eigenvalue weighted by Gasteiger charge is 2.39. The largest absolute Gasteiger partial charge is 0.481 e. The number of sulfone groups is 1. The van der Waals surface area contributed by atoms with Gasteiger partial charge in [-0.15, -0.1) is 0 Å². The van der Waals surface area contributed by atoms with Gasteiger partial charge in [0.1, 0.15) is 0 Å². The van der Waals surface area contributed by atoms with Gasteiger partial charge in [0.05, 0.1) is 23.0 Å². The van der Waals surface area contributed by atoms with Gasteiger partial charge < -0.3 is 15.7 Å². The van der Waals surface area contributed by atoms with Gasteiger partial charge in [-0.25, -0.2) is 13.2 Å². The SMILES string of the molecule is CC1(NC(=O)NC2CCC(C(=O)O)CC2)CCS(=O)(=O)C1. The fraction of sp³-hybridized carbons (Fsp3) is 0.846. The van der Waals surface area contributed by atoms with E-state index in [1.807, 2.05) is 0 Å². The van der Waals surface area contributed by atoms with E-state index >= 15 is 0 Å². The lowest BCUT2D eigenvalue weighted by atomic mass is 9.86. The highest BCUT2D eigenvalue weighted by atomic mass is 32.2. The van der Waals surface area contributed by atoms with Crippen molar-refractivity contribution in [1.29, 1.82) is 0 Å². The van der Waals surface area contributed by atoms with Crippen molar-refractivity contribution in [2.75, 3.05) is 11.5 Å². The second-order valence-corrected chi connectivity index (χ2v) is 8.57. The Bertz CT molecular complexity index is 525. The van der Waals surface area contributed by atoms with E-state index in [1.165, 1.54) is 0 Å². The highest BCUT2D eigenvalue weighted by Crippen LogP contribution is 2.25. The molecular formula is C13H22N2O5S. The molecule has 0 aromatic carbocycles. The molecule has 2 aliphatic rings. The second kappa shape index (κ2) is 5.82. The Labute approximate surface area is 124 Å². The second-order valence-electron chi connectivity index (χ2n) is 6.39. The van der Waals surface area contributed by atoms with Crippen molar-refractivity contribution in [3.63, 3.8) is 0 Å². The zero-order valence-corrected chi connectivity index (χ0v) is 12.9. The number of aliphatic carboxylic acids is 1. The summed E-state index contributed by atoms with van der Waals surface area (Å²) >= 11 is 0. The third-order valence-electron chi connectivity index (χ3n) is 4.33. The van der Waals surface area contributed by atoms with Crippen molar-refractivity contribution in [3.8, 4) is 0 Å². The average molecular weight is 318 g/mol. The Kier molecular flexibility index (Phi) is 4.46. The molecule has 1 saturated carbocycles. The minimum atomic E-state index is -3.06. The third-order valence-corrected chi connectivity index (χ3v) is 6.23. The number of rotatable bonds is 3. The first-order chi connectivity index (χ1) is 9.69. The van der Waals surface area contributed by atoms with Gasteiger partial charge in [0.25, 0.3) is 0 Å². The maximum atomic E-state index is 12.0. The molecule has 2 rings (SSSR count). The van der Waals surface area contributed by atoms with Crippen LogP contribution in [0.5, 0.6) is 0 Å². The summed E-state index contributed by atoms with van der Waals surface area (Å²) in [5, 5.41) is 14.5. The molecule has 2 amide bonds. The Morgan fingerprint density at radius 1 is 1.19 bits per heavy atom. The van der Waals surface area contributed by atoms with E-state index in [0.717, 1.165) is 0 Å². The summed E-state index contributed by atoms with van der Waals surface area (Å²) < 4.78 is 23.0. The van der Waals surface area contributed by atoms with Crippen LogP contribution in [0.2, 0.25) is 0 Å². The maximum absolute atomic E-state index is 12.0. The summed E-state index contributed by atoms with van der Waals surface area (Å²) in [5.74, 6) is -1.02. The van der Waals surface area contributed by atoms with Crippen LogP contribution >= 0.6 is 0 Å². The van der Waals surface area contributed by atoms with Crippen LogP contribution < -0.4 is 10.6 Å². The number of carbonyl (C=O) groups excluding carboxylic acids is 1. The molecule has 8 heteroatoms. The van der Waals surface area contributed by atoms with Crippen molar-refractivity contribution >= 4 is 21.8 Å². The smallest absolute Gasteiger partial charge is 0.315 e. The van der Waals surface area contributed by atoms with Gasteiger partial charge in [-0.3, -0.25) is 4.79 Å². The molecule has 7 nitrogen and oxygen atoms in total. The summed E-state index contributed by atoms with van der Waals surface area (Å²) in [5.41, 5.74) is -0.707. The van der Waals surface area contributed by atoms with Gasteiger partial charge in [-0.05, 0) is 39.0 Å². The summed E-state index contributed by atoms with van der Waals surface area (Å²) in [6.07, 6.45) is 2.82. The maximum Gasteiger partial charge on any atom is 0.315 e. The molecule has 1 aliphatic carbocycles. The molecule has 1 saturated heterocycles. The first-order valence-corrected chi connectivity index (χ1v) is 9.03. The van der Waals surface area contributed by atoms with Crippen LogP contribution in [0.4, 0.5) is 4.79 Å². The first-order valence-electron chi connectivity index (χ1n) is 7.21. The molecule has 120 valence electrons. The molecule has 1 atom stereocenters. The van der Waals surface area contributed by atoms with Crippen molar-refractivity contribution in [1.82, 2.24) is 10.6 Å². The minimum absolute atomic E-state index is 0.0286. The molecule has 0 spiro atoms. The van der Waals surface area contributed by atoms with Crippen LogP contribution in [-0.4, -0.2) is 48.6 Å². The predicted octanol–water partition coefficient (Wildman–Crippen LogP) is 0.506. The Morgan fingerprint density at radius 3 is 2.29 bits per heavy atom. The molecule has 0 aromatic heterocycles. The summed E-state index contributed by atoms with van der Waals surface area (Å²) in [7, 11) is -3.06. The zero-order valence-electron chi connectivity index (χ0n) is 12.1. The van der Waals surface area contributed by atoms with Gasteiger partial charge in [0.2, 0.25) is 0 Å². The molecule has 0 bridgehead atoms. The van der Waals surface area contributed by atoms with Gasteiger partial charge in [0, 0.05) is 6.04 Å². The van der Waals surface area contributed by atoms with Gasteiger partial charge in [0.15, 0.2) is 9.84 Å². The van der Waals surface area contributed by atoms with E-state index in [4.69, 9.17) is 5.11 Å². The third kappa shape index (κ3) is 4.33. The number of amides is 2. The van der Waals surface area contributed by atoms with Crippen molar-refractivity contribution in [2.24, 2.45) is 5.92 Å². The number of hydrogen-bond acceptors (Lipinski definition) is 4. The monoisotopic (exact) mass is 318 g/mol. The topological polar surface area (TPSA) is 113 Å². The van der Waals surface area contributed by atoms with Crippen molar-refractivity contribution in [2.45, 2.75) is 50.6 Å². The molecule has 1 aliphatic heterocycles. The Morgan fingerprint density at radius 2 is 1.81 bits per heavy atom. The fourth-order valence-electron chi connectivity index (χ4n) is 3.09. The highest BCUT2D eigenvalue weighted by molar-refractivity contribution is 7.91. The number of carbonyl (C=O) groups is 2. The van der Waals surface area contributed by atoms with E-state index in [-0.39, 0.29) is 29.5 Å². The summed E-state index contributed by atoms with van der Waals surface area (Å²) in [6, 6.07) is -0.407. The van der Waals surface area contributed by atoms with E-state index in [1.54, 1.807) is 6.92 Å². The van der Waals surface area contributed by atoms with Crippen LogP contribution in [-0.2, 0) is 14.6 Å². The number of nitrogens with one attached hydrogen (secondary N) is 2. The molecular weight excluding hydrogens is 296 g/mol. The quantitative estimate of drug-likeness (QED) is 0.701. The molecule has 0 radical (unpaired) electrons. The molecule has 1 unspecified atom stereocenters. The van der Waals surface area contributed by atoms with E-state index in [9.17, 15) is 18.0 Å². The lowest BCUT2D eigenvalue weighted by Crippen LogP contribution is -2.53. The minimum Gasteiger partial charge on any atom is -0.481 e. The van der Waals surface area contributed by atoms with Crippen LogP contribution in [0.25, 0.3) is 0 Å². The van der Waals surface area contributed by atoms with E-state index < -0.39 is 21.3 Å². The normalized spacial score (nSPS) is 35.1. The Hall–Kier alpha value is -1.31. The van der Waals surface area contributed by atoms with E-state index in [0.29, 0.717) is 32.1 Å². The Balaban J connectivity index is 1.80. The molecule has 1 heterocycles. The van der Waals surface area contributed by atoms with Gasteiger partial charge >= 0.3 is 12.0 Å². The fourth-order valence-corrected chi connectivity index (χ4v) is 5.18. The molecule has 3 N–H and O–H groups in total. The summed E-state index contributed by atoms with van der Waals surface area (Å²) in [6.45, 7) is 1.73. The number of carboxylic acids is 1. The molecule has 0 aromatic rings.